The first-order chi connectivity index (χ1) is 11.1. The third-order valence-electron chi connectivity index (χ3n) is 3.91. The average Bonchev–Trinajstić information content (AvgIpc) is 3.05. The van der Waals surface area contributed by atoms with Gasteiger partial charge >= 0.3 is 5.97 Å². The van der Waals surface area contributed by atoms with Gasteiger partial charge in [-0.1, -0.05) is 12.2 Å². The molecule has 0 amide bonds. The van der Waals surface area contributed by atoms with E-state index < -0.39 is 4.92 Å². The zero-order valence-electron chi connectivity index (χ0n) is 12.5. The van der Waals surface area contributed by atoms with Gasteiger partial charge in [-0.05, 0) is 18.8 Å². The summed E-state index contributed by atoms with van der Waals surface area (Å²) in [5, 5.41) is 11.0. The summed E-state index contributed by atoms with van der Waals surface area (Å²) in [4.78, 5) is 22.4. The van der Waals surface area contributed by atoms with Crippen LogP contribution in [0.3, 0.4) is 0 Å². The maximum atomic E-state index is 11.9. The van der Waals surface area contributed by atoms with Gasteiger partial charge in [0.15, 0.2) is 6.79 Å². The molecule has 0 aromatic heterocycles. The van der Waals surface area contributed by atoms with Gasteiger partial charge in [0.25, 0.3) is 5.69 Å². The van der Waals surface area contributed by atoms with Gasteiger partial charge in [0, 0.05) is 23.3 Å². The fourth-order valence-electron chi connectivity index (χ4n) is 2.79. The molecule has 0 bridgehead atoms. The fourth-order valence-corrected chi connectivity index (χ4v) is 2.79. The van der Waals surface area contributed by atoms with Crippen LogP contribution >= 0.6 is 0 Å². The van der Waals surface area contributed by atoms with Gasteiger partial charge in [-0.15, -0.1) is 0 Å². The Morgan fingerprint density at radius 3 is 3.04 bits per heavy atom. The van der Waals surface area contributed by atoms with E-state index in [1.54, 1.807) is 0 Å². The molecular formula is C16H17NO6. The molecule has 1 aliphatic heterocycles. The number of rotatable bonds is 5. The number of nitro groups is 1. The quantitative estimate of drug-likeness (QED) is 0.359. The van der Waals surface area contributed by atoms with Crippen molar-refractivity contribution < 1.29 is 23.9 Å². The summed E-state index contributed by atoms with van der Waals surface area (Å²) in [6.45, 7) is 0.280. The van der Waals surface area contributed by atoms with E-state index in [1.807, 2.05) is 6.08 Å². The molecule has 0 spiro atoms. The summed E-state index contributed by atoms with van der Waals surface area (Å²) in [6, 6.07) is 2.80. The monoisotopic (exact) mass is 319 g/mol. The molecule has 7 heteroatoms. The molecule has 1 heterocycles. The van der Waals surface area contributed by atoms with Crippen LogP contribution in [-0.4, -0.2) is 17.7 Å². The SMILES string of the molecule is O=C(C[C@@H]1C=CCC1)OCc1cc([N+](=O)[O-])cc2c1OCOC2. The second kappa shape index (κ2) is 6.78. The van der Waals surface area contributed by atoms with E-state index >= 15 is 0 Å². The number of fused-ring (bicyclic) bond motifs is 1. The van der Waals surface area contributed by atoms with Crippen LogP contribution in [-0.2, 0) is 27.5 Å². The fraction of sp³-hybridized carbons (Fsp3) is 0.438. The van der Waals surface area contributed by atoms with Gasteiger partial charge in [-0.3, -0.25) is 14.9 Å². The van der Waals surface area contributed by atoms with Crippen molar-refractivity contribution in [3.05, 3.63) is 45.5 Å². The third kappa shape index (κ3) is 3.68. The van der Waals surface area contributed by atoms with E-state index in [-0.39, 0.29) is 37.6 Å². The summed E-state index contributed by atoms with van der Waals surface area (Å²) in [5.41, 5.74) is 1.02. The lowest BCUT2D eigenvalue weighted by atomic mass is 10.1. The number of nitrogens with zero attached hydrogens (tertiary/aromatic N) is 1. The summed E-state index contributed by atoms with van der Waals surface area (Å²) in [6.07, 6.45) is 6.36. The minimum absolute atomic E-state index is 0.0424. The van der Waals surface area contributed by atoms with E-state index in [0.717, 1.165) is 12.8 Å². The molecule has 1 atom stereocenters. The van der Waals surface area contributed by atoms with E-state index in [1.165, 1.54) is 12.1 Å². The van der Waals surface area contributed by atoms with Crippen molar-refractivity contribution in [1.29, 1.82) is 0 Å². The van der Waals surface area contributed by atoms with Gasteiger partial charge in [0.1, 0.15) is 12.4 Å². The Labute approximate surface area is 133 Å². The second-order valence-corrected chi connectivity index (χ2v) is 5.59. The number of ether oxygens (including phenoxy) is 3. The Balaban J connectivity index is 1.70. The van der Waals surface area contributed by atoms with E-state index in [4.69, 9.17) is 14.2 Å². The van der Waals surface area contributed by atoms with Crippen LogP contribution in [0, 0.1) is 16.0 Å². The summed E-state index contributed by atoms with van der Waals surface area (Å²) >= 11 is 0. The van der Waals surface area contributed by atoms with E-state index in [0.29, 0.717) is 23.3 Å². The first-order valence-electron chi connectivity index (χ1n) is 7.46. The van der Waals surface area contributed by atoms with Crippen molar-refractivity contribution in [2.75, 3.05) is 6.79 Å². The van der Waals surface area contributed by atoms with Crippen LogP contribution in [0.15, 0.2) is 24.3 Å². The van der Waals surface area contributed by atoms with Crippen LogP contribution < -0.4 is 4.74 Å². The van der Waals surface area contributed by atoms with Crippen molar-refractivity contribution in [1.82, 2.24) is 0 Å². The summed E-state index contributed by atoms with van der Waals surface area (Å²) in [7, 11) is 0. The lowest BCUT2D eigenvalue weighted by Crippen LogP contribution is -2.15. The molecule has 0 fully saturated rings. The second-order valence-electron chi connectivity index (χ2n) is 5.59. The minimum Gasteiger partial charge on any atom is -0.467 e. The average molecular weight is 319 g/mol. The van der Waals surface area contributed by atoms with Crippen LogP contribution in [0.4, 0.5) is 5.69 Å². The standard InChI is InChI=1S/C16H17NO6/c18-15(5-11-3-1-2-4-11)22-9-13-7-14(17(19)20)6-12-8-21-10-23-16(12)13/h1,3,6-7,11H,2,4-5,8-10H2/t11-/m1/s1. The van der Waals surface area contributed by atoms with Crippen molar-refractivity contribution in [3.63, 3.8) is 0 Å². The number of nitro benzene ring substituents is 1. The normalized spacial score (nSPS) is 19.0. The molecule has 0 saturated carbocycles. The Bertz CT molecular complexity index is 654. The number of hydrogen-bond donors (Lipinski definition) is 0. The molecule has 1 aliphatic carbocycles. The molecule has 23 heavy (non-hydrogen) atoms. The third-order valence-corrected chi connectivity index (χ3v) is 3.91. The molecule has 122 valence electrons. The molecule has 0 N–H and O–H groups in total. The molecule has 2 aliphatic rings. The Morgan fingerprint density at radius 1 is 1.43 bits per heavy atom. The van der Waals surface area contributed by atoms with Crippen LogP contribution in [0.2, 0.25) is 0 Å². The number of benzene rings is 1. The number of allylic oxidation sites excluding steroid dienone is 2. The van der Waals surface area contributed by atoms with Crippen LogP contribution in [0.1, 0.15) is 30.4 Å². The highest BCUT2D eigenvalue weighted by Gasteiger charge is 2.22. The highest BCUT2D eigenvalue weighted by atomic mass is 16.7. The zero-order chi connectivity index (χ0) is 16.2. The topological polar surface area (TPSA) is 87.9 Å². The molecule has 0 radical (unpaired) electrons. The van der Waals surface area contributed by atoms with Gasteiger partial charge in [-0.25, -0.2) is 0 Å². The minimum atomic E-state index is -0.483. The van der Waals surface area contributed by atoms with E-state index in [2.05, 4.69) is 6.08 Å². The lowest BCUT2D eigenvalue weighted by Gasteiger charge is -2.20. The van der Waals surface area contributed by atoms with Gasteiger partial charge in [0.05, 0.1) is 18.0 Å². The molecule has 3 rings (SSSR count). The maximum Gasteiger partial charge on any atom is 0.306 e. The summed E-state index contributed by atoms with van der Waals surface area (Å²) < 4.78 is 15.8. The molecular weight excluding hydrogens is 302 g/mol. The molecule has 1 aromatic carbocycles. The van der Waals surface area contributed by atoms with Crippen molar-refractivity contribution in [3.8, 4) is 5.75 Å². The van der Waals surface area contributed by atoms with Crippen LogP contribution in [0.25, 0.3) is 0 Å². The predicted octanol–water partition coefficient (Wildman–Crippen LogP) is 2.86. The maximum absolute atomic E-state index is 11.9. The van der Waals surface area contributed by atoms with Gasteiger partial charge in [0.2, 0.25) is 0 Å². The molecule has 0 saturated heterocycles. The number of esters is 1. The number of carbonyl (C=O) groups excluding carboxylic acids is 1. The largest absolute Gasteiger partial charge is 0.467 e. The van der Waals surface area contributed by atoms with Gasteiger partial charge < -0.3 is 14.2 Å². The predicted molar refractivity (Wildman–Crippen MR) is 79.7 cm³/mol. The van der Waals surface area contributed by atoms with Crippen molar-refractivity contribution >= 4 is 11.7 Å². The smallest absolute Gasteiger partial charge is 0.306 e. The number of non-ortho nitro benzene ring substituents is 1. The first-order valence-corrected chi connectivity index (χ1v) is 7.46. The highest BCUT2D eigenvalue weighted by molar-refractivity contribution is 5.70. The Kier molecular flexibility index (Phi) is 4.57. The summed E-state index contributed by atoms with van der Waals surface area (Å²) in [5.74, 6) is 0.426. The van der Waals surface area contributed by atoms with Crippen LogP contribution in [0.5, 0.6) is 5.75 Å². The molecule has 1 aromatic rings. The lowest BCUT2D eigenvalue weighted by molar-refractivity contribution is -0.385. The highest BCUT2D eigenvalue weighted by Crippen LogP contribution is 2.33. The molecule has 0 unspecified atom stereocenters. The van der Waals surface area contributed by atoms with E-state index in [9.17, 15) is 14.9 Å². The molecule has 7 nitrogen and oxygen atoms in total. The van der Waals surface area contributed by atoms with Gasteiger partial charge in [-0.2, -0.15) is 0 Å². The zero-order valence-corrected chi connectivity index (χ0v) is 12.5. The van der Waals surface area contributed by atoms with Crippen molar-refractivity contribution in [2.45, 2.75) is 32.5 Å². The Hall–Kier alpha value is -2.41. The number of hydrogen-bond acceptors (Lipinski definition) is 6. The van der Waals surface area contributed by atoms with Crippen molar-refractivity contribution in [2.24, 2.45) is 5.92 Å². The Morgan fingerprint density at radius 2 is 2.30 bits per heavy atom. The first kappa shape index (κ1) is 15.5. The number of carbonyl (C=O) groups is 1.